The van der Waals surface area contributed by atoms with Crippen LogP contribution in [0, 0.1) is 6.92 Å². The number of fused-ring (bicyclic) bond motifs is 3. The van der Waals surface area contributed by atoms with Gasteiger partial charge in [0.05, 0.1) is 23.9 Å². The van der Waals surface area contributed by atoms with Crippen molar-refractivity contribution in [3.05, 3.63) is 94.0 Å². The van der Waals surface area contributed by atoms with Gasteiger partial charge < -0.3 is 19.5 Å². The summed E-state index contributed by atoms with van der Waals surface area (Å²) < 4.78 is 12.1. The molecule has 7 nitrogen and oxygen atoms in total. The summed E-state index contributed by atoms with van der Waals surface area (Å²) in [4.78, 5) is 25.6. The normalized spacial score (nSPS) is 20.7. The Kier molecular flexibility index (Phi) is 6.89. The van der Waals surface area contributed by atoms with E-state index in [1.165, 1.54) is 0 Å². The van der Waals surface area contributed by atoms with Crippen molar-refractivity contribution in [3.8, 4) is 5.75 Å². The van der Waals surface area contributed by atoms with Crippen LogP contribution in [-0.4, -0.2) is 45.5 Å². The molecule has 0 saturated carbocycles. The van der Waals surface area contributed by atoms with Gasteiger partial charge in [-0.05, 0) is 36.8 Å². The van der Waals surface area contributed by atoms with E-state index >= 15 is 0 Å². The lowest BCUT2D eigenvalue weighted by Crippen LogP contribution is -2.47. The number of ether oxygens (including phenoxy) is 2. The molecular formula is C28H29N3O4S. The molecular weight excluding hydrogens is 474 g/mol. The number of benzene rings is 2. The number of aliphatic hydroxyl groups is 1. The van der Waals surface area contributed by atoms with Crippen LogP contribution in [0.4, 0.5) is 0 Å². The van der Waals surface area contributed by atoms with Crippen molar-refractivity contribution < 1.29 is 19.4 Å². The van der Waals surface area contributed by atoms with Gasteiger partial charge >= 0.3 is 0 Å². The first-order chi connectivity index (χ1) is 17.5. The van der Waals surface area contributed by atoms with Crippen molar-refractivity contribution in [1.29, 1.82) is 0 Å². The molecule has 1 amide bonds. The highest BCUT2D eigenvalue weighted by atomic mass is 32.1. The van der Waals surface area contributed by atoms with Crippen LogP contribution in [-0.2, 0) is 22.6 Å². The topological polar surface area (TPSA) is 84.2 Å². The summed E-state index contributed by atoms with van der Waals surface area (Å²) in [5.74, 6) is 1.04. The van der Waals surface area contributed by atoms with Crippen LogP contribution in [0.25, 0.3) is 0 Å². The number of aliphatic imine (C=N–C) groups is 1. The number of carbonyl (C=O) groups is 1. The summed E-state index contributed by atoms with van der Waals surface area (Å²) >= 11 is 1.58. The maximum Gasteiger partial charge on any atom is 0.255 e. The van der Waals surface area contributed by atoms with Gasteiger partial charge in [-0.3, -0.25) is 4.79 Å². The van der Waals surface area contributed by atoms with Crippen LogP contribution in [0.5, 0.6) is 5.75 Å². The van der Waals surface area contributed by atoms with Crippen LogP contribution in [0.15, 0.2) is 71.6 Å². The van der Waals surface area contributed by atoms with Crippen molar-refractivity contribution >= 4 is 23.1 Å². The van der Waals surface area contributed by atoms with Crippen LogP contribution < -0.4 is 4.74 Å². The van der Waals surface area contributed by atoms with Gasteiger partial charge in [-0.2, -0.15) is 0 Å². The number of hydrogen-bond acceptors (Lipinski definition) is 7. The molecule has 0 unspecified atom stereocenters. The van der Waals surface area contributed by atoms with E-state index in [-0.39, 0.29) is 12.5 Å². The molecule has 1 N–H and O–H groups in total. The van der Waals surface area contributed by atoms with Crippen LogP contribution in [0.2, 0.25) is 0 Å². The highest BCUT2D eigenvalue weighted by Gasteiger charge is 2.56. The zero-order valence-corrected chi connectivity index (χ0v) is 21.0. The van der Waals surface area contributed by atoms with Crippen molar-refractivity contribution in [3.63, 3.8) is 0 Å². The van der Waals surface area contributed by atoms with Gasteiger partial charge in [0.15, 0.2) is 11.6 Å². The van der Waals surface area contributed by atoms with E-state index in [9.17, 15) is 4.79 Å². The Bertz CT molecular complexity index is 1290. The summed E-state index contributed by atoms with van der Waals surface area (Å²) in [7, 11) is 0. The second-order valence-electron chi connectivity index (χ2n) is 9.00. The molecule has 8 heteroatoms. The molecule has 5 rings (SSSR count). The number of aliphatic hydroxyl groups excluding tert-OH is 1. The molecule has 3 aromatic rings. The molecule has 36 heavy (non-hydrogen) atoms. The highest BCUT2D eigenvalue weighted by Crippen LogP contribution is 2.47. The number of aryl methyl sites for hydroxylation is 1. The van der Waals surface area contributed by atoms with Gasteiger partial charge in [0.1, 0.15) is 5.75 Å². The van der Waals surface area contributed by atoms with Gasteiger partial charge in [-0.1, -0.05) is 30.3 Å². The van der Waals surface area contributed by atoms with Gasteiger partial charge in [-0.15, -0.1) is 17.9 Å². The Morgan fingerprint density at radius 1 is 1.28 bits per heavy atom. The summed E-state index contributed by atoms with van der Waals surface area (Å²) in [5, 5.41) is 11.9. The first-order valence-electron chi connectivity index (χ1n) is 12.0. The Morgan fingerprint density at radius 3 is 2.81 bits per heavy atom. The van der Waals surface area contributed by atoms with Crippen molar-refractivity contribution in [2.45, 2.75) is 44.5 Å². The Morgan fingerprint density at radius 2 is 2.08 bits per heavy atom. The molecule has 0 fully saturated rings. The lowest BCUT2D eigenvalue weighted by Gasteiger charge is -2.31. The monoisotopic (exact) mass is 503 g/mol. The number of carbonyl (C=O) groups excluding carboxylic acids is 1. The van der Waals surface area contributed by atoms with Crippen LogP contribution in [0.3, 0.4) is 0 Å². The van der Waals surface area contributed by atoms with Gasteiger partial charge in [0, 0.05) is 42.5 Å². The number of aromatic nitrogens is 1. The fraction of sp³-hybridized carbons (Fsp3) is 0.321. The van der Waals surface area contributed by atoms with Gasteiger partial charge in [-0.25, -0.2) is 9.98 Å². The van der Waals surface area contributed by atoms with E-state index < -0.39 is 11.6 Å². The van der Waals surface area contributed by atoms with Crippen molar-refractivity contribution in [2.75, 3.05) is 13.2 Å². The standard InChI is InChI=1S/C28H29N3O4S/c1-3-13-28-25(35-26(30-28)20-9-11-23(12-10-20)34-15-6-14-32)24-8-5-4-7-21(24)16-31(27(28)33)17-22-18-36-19(2)29-22/h3-5,7-12,18,25,32H,1,6,13-17H2,2H3/t25-,28-/m0/s1. The van der Waals surface area contributed by atoms with Crippen LogP contribution >= 0.6 is 11.3 Å². The van der Waals surface area contributed by atoms with E-state index in [0.29, 0.717) is 44.2 Å². The van der Waals surface area contributed by atoms with Gasteiger partial charge in [0.2, 0.25) is 5.90 Å². The third kappa shape index (κ3) is 4.54. The van der Waals surface area contributed by atoms with E-state index in [2.05, 4.69) is 11.6 Å². The average molecular weight is 504 g/mol. The fourth-order valence-corrected chi connectivity index (χ4v) is 5.39. The second kappa shape index (κ2) is 10.2. The molecule has 1 aromatic heterocycles. The number of nitrogens with zero attached hydrogens (tertiary/aromatic N) is 3. The largest absolute Gasteiger partial charge is 0.494 e. The second-order valence-corrected chi connectivity index (χ2v) is 10.1. The van der Waals surface area contributed by atoms with Crippen LogP contribution in [0.1, 0.15) is 46.3 Å². The minimum Gasteiger partial charge on any atom is -0.494 e. The molecule has 0 spiro atoms. The third-order valence-corrected chi connectivity index (χ3v) is 7.29. The summed E-state index contributed by atoms with van der Waals surface area (Å²) in [6.45, 7) is 7.32. The summed E-state index contributed by atoms with van der Waals surface area (Å²) in [6, 6.07) is 15.5. The molecule has 0 radical (unpaired) electrons. The van der Waals surface area contributed by atoms with E-state index in [4.69, 9.17) is 19.6 Å². The molecule has 0 bridgehead atoms. The molecule has 3 heterocycles. The summed E-state index contributed by atoms with van der Waals surface area (Å²) in [6.07, 6.45) is 2.11. The lowest BCUT2D eigenvalue weighted by atomic mass is 9.84. The first kappa shape index (κ1) is 24.2. The minimum absolute atomic E-state index is 0.0874. The van der Waals surface area contributed by atoms with E-state index in [0.717, 1.165) is 27.4 Å². The van der Waals surface area contributed by atoms with E-state index in [1.54, 1.807) is 17.4 Å². The smallest absolute Gasteiger partial charge is 0.255 e. The average Bonchev–Trinajstić information content (AvgIpc) is 3.46. The third-order valence-electron chi connectivity index (χ3n) is 6.47. The number of rotatable bonds is 9. The first-order valence-corrected chi connectivity index (χ1v) is 12.9. The lowest BCUT2D eigenvalue weighted by molar-refractivity contribution is -0.140. The molecule has 2 aromatic carbocycles. The SMILES string of the molecule is C=CC[C@]12N=C(c3ccc(OCCCO)cc3)O[C@H]1c1ccccc1CN(Cc1csc(C)n1)C2=O. The maximum atomic E-state index is 14.2. The molecule has 0 aliphatic carbocycles. The Balaban J connectivity index is 1.53. The predicted molar refractivity (Wildman–Crippen MR) is 139 cm³/mol. The maximum absolute atomic E-state index is 14.2. The van der Waals surface area contributed by atoms with Gasteiger partial charge in [0.25, 0.3) is 5.91 Å². The molecule has 2 aliphatic heterocycles. The highest BCUT2D eigenvalue weighted by molar-refractivity contribution is 7.09. The molecule has 0 saturated heterocycles. The Labute approximate surface area is 214 Å². The fourth-order valence-electron chi connectivity index (χ4n) is 4.79. The molecule has 2 aliphatic rings. The number of thiazole rings is 1. The number of hydrogen-bond donors (Lipinski definition) is 1. The number of amides is 1. The van der Waals surface area contributed by atoms with E-state index in [1.807, 2.05) is 65.7 Å². The Hall–Kier alpha value is -3.49. The van der Waals surface area contributed by atoms with Crippen molar-refractivity contribution in [2.24, 2.45) is 4.99 Å². The quantitative estimate of drug-likeness (QED) is 0.341. The zero-order valence-electron chi connectivity index (χ0n) is 20.2. The molecule has 2 atom stereocenters. The predicted octanol–water partition coefficient (Wildman–Crippen LogP) is 4.59. The minimum atomic E-state index is -1.15. The summed E-state index contributed by atoms with van der Waals surface area (Å²) in [5.41, 5.74) is 2.50. The molecule has 186 valence electrons. The van der Waals surface area contributed by atoms with Crippen molar-refractivity contribution in [1.82, 2.24) is 9.88 Å². The zero-order chi connectivity index (χ0) is 25.1.